The second kappa shape index (κ2) is 4.01. The average molecular weight is 211 g/mol. The Balaban J connectivity index is 2.50. The third-order valence-corrected chi connectivity index (χ3v) is 3.12. The van der Waals surface area contributed by atoms with Crippen molar-refractivity contribution in [2.75, 3.05) is 5.73 Å². The molecule has 1 heteroatoms. The molecule has 2 aromatic carbocycles. The minimum absolute atomic E-state index is 0.857. The number of anilines is 1. The Morgan fingerprint density at radius 2 is 1.25 bits per heavy atom. The van der Waals surface area contributed by atoms with E-state index >= 15 is 0 Å². The zero-order valence-electron chi connectivity index (χ0n) is 10.0. The predicted molar refractivity (Wildman–Crippen MR) is 70.5 cm³/mol. The lowest BCUT2D eigenvalue weighted by Crippen LogP contribution is -1.90. The minimum Gasteiger partial charge on any atom is -0.398 e. The summed E-state index contributed by atoms with van der Waals surface area (Å²) in [4.78, 5) is 0. The molecule has 0 unspecified atom stereocenters. The van der Waals surface area contributed by atoms with E-state index in [1.165, 1.54) is 22.3 Å². The normalized spacial score (nSPS) is 10.4. The summed E-state index contributed by atoms with van der Waals surface area (Å²) in [6, 6.07) is 12.7. The average Bonchev–Trinajstić information content (AvgIpc) is 2.26. The van der Waals surface area contributed by atoms with Crippen LogP contribution in [0.1, 0.15) is 16.7 Å². The van der Waals surface area contributed by atoms with Crippen LogP contribution in [0.15, 0.2) is 36.4 Å². The Kier molecular flexibility index (Phi) is 2.69. The predicted octanol–water partition coefficient (Wildman–Crippen LogP) is 3.86. The number of nitrogens with two attached hydrogens (primary N) is 1. The fourth-order valence-corrected chi connectivity index (χ4v) is 1.74. The molecule has 0 amide bonds. The first-order valence-corrected chi connectivity index (χ1v) is 5.51. The van der Waals surface area contributed by atoms with Crippen molar-refractivity contribution in [2.45, 2.75) is 20.8 Å². The highest BCUT2D eigenvalue weighted by Crippen LogP contribution is 2.25. The van der Waals surface area contributed by atoms with Crippen LogP contribution in [0.4, 0.5) is 5.69 Å². The third-order valence-electron chi connectivity index (χ3n) is 3.12. The maximum atomic E-state index is 5.93. The highest BCUT2D eigenvalue weighted by molar-refractivity contribution is 5.69. The Labute approximate surface area is 96.9 Å². The SMILES string of the molecule is Cc1ccc(-c2ccc(C)c(N)c2)cc1C. The molecular formula is C15H17N. The van der Waals surface area contributed by atoms with Crippen LogP contribution in [0.3, 0.4) is 0 Å². The maximum absolute atomic E-state index is 5.93. The molecule has 2 N–H and O–H groups in total. The molecule has 0 saturated carbocycles. The number of rotatable bonds is 1. The first kappa shape index (κ1) is 10.7. The molecule has 2 rings (SSSR count). The van der Waals surface area contributed by atoms with E-state index in [0.29, 0.717) is 0 Å². The van der Waals surface area contributed by atoms with E-state index in [1.807, 2.05) is 13.0 Å². The zero-order valence-corrected chi connectivity index (χ0v) is 10.0. The highest BCUT2D eigenvalue weighted by atomic mass is 14.5. The Bertz CT molecular complexity index is 477. The molecule has 2 aromatic rings. The van der Waals surface area contributed by atoms with Gasteiger partial charge in [0.15, 0.2) is 0 Å². The molecule has 0 spiro atoms. The van der Waals surface area contributed by atoms with E-state index in [2.05, 4.69) is 44.2 Å². The molecule has 0 aromatic heterocycles. The van der Waals surface area contributed by atoms with Gasteiger partial charge in [-0.1, -0.05) is 30.3 Å². The van der Waals surface area contributed by atoms with Gasteiger partial charge < -0.3 is 5.73 Å². The summed E-state index contributed by atoms with van der Waals surface area (Å²) in [7, 11) is 0. The van der Waals surface area contributed by atoms with E-state index in [1.54, 1.807) is 0 Å². The topological polar surface area (TPSA) is 26.0 Å². The van der Waals surface area contributed by atoms with Crippen LogP contribution in [-0.4, -0.2) is 0 Å². The largest absolute Gasteiger partial charge is 0.398 e. The zero-order chi connectivity index (χ0) is 11.7. The molecule has 0 bridgehead atoms. The van der Waals surface area contributed by atoms with Crippen molar-refractivity contribution in [3.8, 4) is 11.1 Å². The summed E-state index contributed by atoms with van der Waals surface area (Å²) in [5, 5.41) is 0. The lowest BCUT2D eigenvalue weighted by molar-refractivity contribution is 1.34. The molecule has 16 heavy (non-hydrogen) atoms. The van der Waals surface area contributed by atoms with Crippen molar-refractivity contribution in [3.05, 3.63) is 53.1 Å². The summed E-state index contributed by atoms with van der Waals surface area (Å²) in [6.07, 6.45) is 0. The third kappa shape index (κ3) is 1.94. The molecule has 0 heterocycles. The van der Waals surface area contributed by atoms with Gasteiger partial charge in [0.1, 0.15) is 0 Å². The molecule has 0 atom stereocenters. The van der Waals surface area contributed by atoms with Crippen LogP contribution in [0.2, 0.25) is 0 Å². The van der Waals surface area contributed by atoms with Crippen LogP contribution in [0.5, 0.6) is 0 Å². The van der Waals surface area contributed by atoms with Crippen LogP contribution < -0.4 is 5.73 Å². The van der Waals surface area contributed by atoms with Gasteiger partial charge in [0.05, 0.1) is 0 Å². The van der Waals surface area contributed by atoms with Gasteiger partial charge in [-0.05, 0) is 54.7 Å². The Hall–Kier alpha value is -1.76. The fraction of sp³-hybridized carbons (Fsp3) is 0.200. The molecule has 0 radical (unpaired) electrons. The standard InChI is InChI=1S/C15H17N/c1-10-4-6-13(8-12(10)3)14-7-5-11(2)15(16)9-14/h4-9H,16H2,1-3H3. The molecule has 0 aliphatic heterocycles. The molecule has 82 valence electrons. The summed E-state index contributed by atoms with van der Waals surface area (Å²) < 4.78 is 0. The number of benzene rings is 2. The second-order valence-electron chi connectivity index (χ2n) is 4.37. The smallest absolute Gasteiger partial charge is 0.0349 e. The van der Waals surface area contributed by atoms with E-state index in [0.717, 1.165) is 11.3 Å². The Morgan fingerprint density at radius 3 is 1.81 bits per heavy atom. The first-order chi connectivity index (χ1) is 7.58. The molecule has 0 saturated heterocycles. The second-order valence-corrected chi connectivity index (χ2v) is 4.37. The van der Waals surface area contributed by atoms with Gasteiger partial charge in [-0.3, -0.25) is 0 Å². The number of nitrogen functional groups attached to an aromatic ring is 1. The number of aryl methyl sites for hydroxylation is 3. The van der Waals surface area contributed by atoms with Crippen molar-refractivity contribution in [2.24, 2.45) is 0 Å². The van der Waals surface area contributed by atoms with Crippen LogP contribution in [-0.2, 0) is 0 Å². The van der Waals surface area contributed by atoms with Gasteiger partial charge in [0.25, 0.3) is 0 Å². The number of hydrogen-bond donors (Lipinski definition) is 1. The van der Waals surface area contributed by atoms with Crippen LogP contribution >= 0.6 is 0 Å². The van der Waals surface area contributed by atoms with E-state index in [-0.39, 0.29) is 0 Å². The van der Waals surface area contributed by atoms with Crippen LogP contribution in [0, 0.1) is 20.8 Å². The van der Waals surface area contributed by atoms with Gasteiger partial charge in [0, 0.05) is 5.69 Å². The van der Waals surface area contributed by atoms with Gasteiger partial charge in [-0.2, -0.15) is 0 Å². The van der Waals surface area contributed by atoms with Crippen molar-refractivity contribution < 1.29 is 0 Å². The van der Waals surface area contributed by atoms with Crippen molar-refractivity contribution in [1.82, 2.24) is 0 Å². The van der Waals surface area contributed by atoms with E-state index in [4.69, 9.17) is 5.73 Å². The number of hydrogen-bond acceptors (Lipinski definition) is 1. The van der Waals surface area contributed by atoms with Gasteiger partial charge in [0.2, 0.25) is 0 Å². The minimum atomic E-state index is 0.857. The molecule has 0 fully saturated rings. The summed E-state index contributed by atoms with van der Waals surface area (Å²) in [5.74, 6) is 0. The van der Waals surface area contributed by atoms with E-state index in [9.17, 15) is 0 Å². The van der Waals surface area contributed by atoms with Crippen molar-refractivity contribution in [3.63, 3.8) is 0 Å². The monoisotopic (exact) mass is 211 g/mol. The van der Waals surface area contributed by atoms with Crippen molar-refractivity contribution >= 4 is 5.69 Å². The van der Waals surface area contributed by atoms with E-state index < -0.39 is 0 Å². The van der Waals surface area contributed by atoms with Crippen molar-refractivity contribution in [1.29, 1.82) is 0 Å². The molecular weight excluding hydrogens is 194 g/mol. The molecule has 1 nitrogen and oxygen atoms in total. The maximum Gasteiger partial charge on any atom is 0.0349 e. The summed E-state index contributed by atoms with van der Waals surface area (Å²) in [5.41, 5.74) is 13.0. The first-order valence-electron chi connectivity index (χ1n) is 5.51. The van der Waals surface area contributed by atoms with Gasteiger partial charge >= 0.3 is 0 Å². The van der Waals surface area contributed by atoms with Gasteiger partial charge in [-0.25, -0.2) is 0 Å². The fourth-order valence-electron chi connectivity index (χ4n) is 1.74. The summed E-state index contributed by atoms with van der Waals surface area (Å²) in [6.45, 7) is 6.29. The lowest BCUT2D eigenvalue weighted by atomic mass is 9.99. The summed E-state index contributed by atoms with van der Waals surface area (Å²) >= 11 is 0. The Morgan fingerprint density at radius 1 is 0.688 bits per heavy atom. The quantitative estimate of drug-likeness (QED) is 0.712. The highest BCUT2D eigenvalue weighted by Gasteiger charge is 2.01. The molecule has 0 aliphatic carbocycles. The van der Waals surface area contributed by atoms with Crippen LogP contribution in [0.25, 0.3) is 11.1 Å². The lowest BCUT2D eigenvalue weighted by Gasteiger charge is -2.07. The molecule has 0 aliphatic rings. The van der Waals surface area contributed by atoms with Gasteiger partial charge in [-0.15, -0.1) is 0 Å².